The van der Waals surface area contributed by atoms with Gasteiger partial charge >= 0.3 is 0 Å². The van der Waals surface area contributed by atoms with Gasteiger partial charge in [-0.2, -0.15) is 0 Å². The van der Waals surface area contributed by atoms with Gasteiger partial charge in [0, 0.05) is 6.04 Å². The molecule has 3 nitrogen and oxygen atoms in total. The topological polar surface area (TPSA) is 45.1 Å². The lowest BCUT2D eigenvalue weighted by Gasteiger charge is -2.32. The molecule has 0 spiro atoms. The molecule has 106 valence electrons. The highest BCUT2D eigenvalue weighted by Gasteiger charge is 2.24. The van der Waals surface area contributed by atoms with Crippen molar-refractivity contribution in [3.05, 3.63) is 29.8 Å². The molecule has 0 aromatic carbocycles. The van der Waals surface area contributed by atoms with Crippen molar-refractivity contribution < 1.29 is 9.50 Å². The Balaban J connectivity index is 2.02. The number of aliphatic hydroxyl groups is 1. The van der Waals surface area contributed by atoms with E-state index in [0.717, 1.165) is 31.4 Å². The van der Waals surface area contributed by atoms with Gasteiger partial charge in [0.25, 0.3) is 0 Å². The number of aliphatic hydroxyl groups excluding tert-OH is 1. The number of rotatable bonds is 4. The number of nitrogens with one attached hydrogen (secondary N) is 1. The molecule has 0 aliphatic heterocycles. The second kappa shape index (κ2) is 6.44. The molecule has 1 aromatic rings. The van der Waals surface area contributed by atoms with Gasteiger partial charge in [-0.1, -0.05) is 13.8 Å². The fraction of sp³-hybridized carbons (Fsp3) is 0.667. The SMILES string of the molecule is CC(C)C(NC1CCC(O)CC1)c1ccc(F)cn1. The minimum Gasteiger partial charge on any atom is -0.393 e. The van der Waals surface area contributed by atoms with E-state index in [1.165, 1.54) is 12.3 Å². The summed E-state index contributed by atoms with van der Waals surface area (Å²) in [7, 11) is 0. The molecule has 4 heteroatoms. The molecule has 0 radical (unpaired) electrons. The molecule has 19 heavy (non-hydrogen) atoms. The van der Waals surface area contributed by atoms with E-state index in [0.29, 0.717) is 12.0 Å². The summed E-state index contributed by atoms with van der Waals surface area (Å²) in [4.78, 5) is 4.19. The minimum absolute atomic E-state index is 0.139. The summed E-state index contributed by atoms with van der Waals surface area (Å²) < 4.78 is 12.9. The van der Waals surface area contributed by atoms with E-state index >= 15 is 0 Å². The molecule has 1 atom stereocenters. The first-order chi connectivity index (χ1) is 9.06. The number of hydrogen-bond donors (Lipinski definition) is 2. The van der Waals surface area contributed by atoms with Crippen molar-refractivity contribution in [1.29, 1.82) is 0 Å². The van der Waals surface area contributed by atoms with Crippen LogP contribution in [0, 0.1) is 11.7 Å². The summed E-state index contributed by atoms with van der Waals surface area (Å²) in [5, 5.41) is 13.2. The molecule has 1 heterocycles. The maximum absolute atomic E-state index is 12.9. The Labute approximate surface area is 114 Å². The lowest BCUT2D eigenvalue weighted by Crippen LogP contribution is -2.39. The fourth-order valence-corrected chi connectivity index (χ4v) is 2.69. The Kier molecular flexibility index (Phi) is 4.88. The highest BCUT2D eigenvalue weighted by atomic mass is 19.1. The van der Waals surface area contributed by atoms with E-state index in [9.17, 15) is 9.50 Å². The Morgan fingerprint density at radius 1 is 1.26 bits per heavy atom. The second-order valence-electron chi connectivity index (χ2n) is 5.80. The molecule has 1 saturated carbocycles. The molecule has 1 aromatic heterocycles. The van der Waals surface area contributed by atoms with Crippen LogP contribution in [0.25, 0.3) is 0 Å². The molecular formula is C15H23FN2O. The predicted octanol–water partition coefficient (Wildman–Crippen LogP) is 2.81. The van der Waals surface area contributed by atoms with Gasteiger partial charge in [-0.3, -0.25) is 4.98 Å². The summed E-state index contributed by atoms with van der Waals surface area (Å²) >= 11 is 0. The van der Waals surface area contributed by atoms with E-state index in [1.54, 1.807) is 6.07 Å². The summed E-state index contributed by atoms with van der Waals surface area (Å²) in [6, 6.07) is 3.78. The maximum atomic E-state index is 12.9. The highest BCUT2D eigenvalue weighted by Crippen LogP contribution is 2.25. The van der Waals surface area contributed by atoms with E-state index in [2.05, 4.69) is 24.1 Å². The first kappa shape index (κ1) is 14.4. The summed E-state index contributed by atoms with van der Waals surface area (Å²) in [5.41, 5.74) is 0.891. The van der Waals surface area contributed by atoms with Gasteiger partial charge in [-0.05, 0) is 43.7 Å². The van der Waals surface area contributed by atoms with Crippen LogP contribution < -0.4 is 5.32 Å². The molecule has 0 amide bonds. The van der Waals surface area contributed by atoms with Crippen LogP contribution in [0.3, 0.4) is 0 Å². The summed E-state index contributed by atoms with van der Waals surface area (Å²) in [6.07, 6.45) is 4.84. The smallest absolute Gasteiger partial charge is 0.141 e. The van der Waals surface area contributed by atoms with E-state index in [4.69, 9.17) is 0 Å². The normalized spacial score (nSPS) is 25.5. The zero-order valence-corrected chi connectivity index (χ0v) is 11.6. The molecule has 0 bridgehead atoms. The van der Waals surface area contributed by atoms with Crippen molar-refractivity contribution in [3.63, 3.8) is 0 Å². The Morgan fingerprint density at radius 2 is 1.95 bits per heavy atom. The van der Waals surface area contributed by atoms with Crippen molar-refractivity contribution in [3.8, 4) is 0 Å². The van der Waals surface area contributed by atoms with Crippen LogP contribution in [0.5, 0.6) is 0 Å². The molecule has 1 aliphatic rings. The van der Waals surface area contributed by atoms with Gasteiger partial charge in [0.2, 0.25) is 0 Å². The molecule has 2 N–H and O–H groups in total. The standard InChI is InChI=1S/C15H23FN2O/c1-10(2)15(14-8-3-11(16)9-17-14)18-12-4-6-13(19)7-5-12/h3,8-10,12-13,15,18-19H,4-7H2,1-2H3. The van der Waals surface area contributed by atoms with Crippen molar-refractivity contribution in [1.82, 2.24) is 10.3 Å². The average Bonchev–Trinajstić information content (AvgIpc) is 2.39. The Morgan fingerprint density at radius 3 is 2.47 bits per heavy atom. The minimum atomic E-state index is -0.299. The quantitative estimate of drug-likeness (QED) is 0.881. The number of nitrogens with zero attached hydrogens (tertiary/aromatic N) is 1. The molecule has 1 unspecified atom stereocenters. The average molecular weight is 266 g/mol. The van der Waals surface area contributed by atoms with E-state index in [1.807, 2.05) is 0 Å². The highest BCUT2D eigenvalue weighted by molar-refractivity contribution is 5.11. The number of aromatic nitrogens is 1. The lowest BCUT2D eigenvalue weighted by atomic mass is 9.90. The summed E-state index contributed by atoms with van der Waals surface area (Å²) in [5.74, 6) is 0.0943. The molecule has 0 saturated heterocycles. The largest absolute Gasteiger partial charge is 0.393 e. The third-order valence-electron chi connectivity index (χ3n) is 3.85. The second-order valence-corrected chi connectivity index (χ2v) is 5.80. The van der Waals surface area contributed by atoms with Crippen molar-refractivity contribution >= 4 is 0 Å². The van der Waals surface area contributed by atoms with Gasteiger partial charge in [-0.15, -0.1) is 0 Å². The van der Waals surface area contributed by atoms with E-state index < -0.39 is 0 Å². The third kappa shape index (κ3) is 3.98. The number of pyridine rings is 1. The number of hydrogen-bond acceptors (Lipinski definition) is 3. The monoisotopic (exact) mass is 266 g/mol. The van der Waals surface area contributed by atoms with E-state index in [-0.39, 0.29) is 18.0 Å². The van der Waals surface area contributed by atoms with Crippen molar-refractivity contribution in [2.24, 2.45) is 5.92 Å². The first-order valence-corrected chi connectivity index (χ1v) is 7.12. The van der Waals surface area contributed by atoms with Crippen LogP contribution >= 0.6 is 0 Å². The molecule has 1 fully saturated rings. The Bertz CT molecular complexity index is 386. The maximum Gasteiger partial charge on any atom is 0.141 e. The van der Waals surface area contributed by atoms with Gasteiger partial charge in [0.15, 0.2) is 0 Å². The van der Waals surface area contributed by atoms with Crippen LogP contribution in [0.4, 0.5) is 4.39 Å². The molecular weight excluding hydrogens is 243 g/mol. The van der Waals surface area contributed by atoms with Crippen LogP contribution in [0.1, 0.15) is 51.3 Å². The van der Waals surface area contributed by atoms with Crippen LogP contribution in [-0.4, -0.2) is 22.2 Å². The van der Waals surface area contributed by atoms with Crippen LogP contribution in [0.2, 0.25) is 0 Å². The zero-order valence-electron chi connectivity index (χ0n) is 11.6. The zero-order chi connectivity index (χ0) is 13.8. The predicted molar refractivity (Wildman–Crippen MR) is 73.2 cm³/mol. The van der Waals surface area contributed by atoms with Crippen molar-refractivity contribution in [2.45, 2.75) is 57.7 Å². The number of halogens is 1. The first-order valence-electron chi connectivity index (χ1n) is 7.12. The van der Waals surface area contributed by atoms with Crippen LogP contribution in [0.15, 0.2) is 18.3 Å². The molecule has 1 aliphatic carbocycles. The molecule has 2 rings (SSSR count). The van der Waals surface area contributed by atoms with Gasteiger partial charge in [0.1, 0.15) is 5.82 Å². The third-order valence-corrected chi connectivity index (χ3v) is 3.85. The van der Waals surface area contributed by atoms with Gasteiger partial charge in [-0.25, -0.2) is 4.39 Å². The van der Waals surface area contributed by atoms with Crippen LogP contribution in [-0.2, 0) is 0 Å². The van der Waals surface area contributed by atoms with Gasteiger partial charge < -0.3 is 10.4 Å². The fourth-order valence-electron chi connectivity index (χ4n) is 2.69. The van der Waals surface area contributed by atoms with Gasteiger partial charge in [0.05, 0.1) is 24.0 Å². The van der Waals surface area contributed by atoms with Crippen molar-refractivity contribution in [2.75, 3.05) is 0 Å². The lowest BCUT2D eigenvalue weighted by molar-refractivity contribution is 0.112. The summed E-state index contributed by atoms with van der Waals surface area (Å²) in [6.45, 7) is 4.28. The Hall–Kier alpha value is -1.00.